The van der Waals surface area contributed by atoms with E-state index in [2.05, 4.69) is 9.88 Å². The Kier molecular flexibility index (Phi) is 11.6. The number of nitrogens with one attached hydrogen (secondary N) is 1. The van der Waals surface area contributed by atoms with Crippen LogP contribution in [0.2, 0.25) is 0 Å². The van der Waals surface area contributed by atoms with Gasteiger partial charge in [0.25, 0.3) is 5.91 Å². The number of nitrogens with zero attached hydrogens (tertiary/aromatic N) is 3. The fourth-order valence-corrected chi connectivity index (χ4v) is 7.03. The van der Waals surface area contributed by atoms with Crippen LogP contribution in [-0.2, 0) is 24.8 Å². The van der Waals surface area contributed by atoms with E-state index in [-0.39, 0.29) is 59.3 Å². The summed E-state index contributed by atoms with van der Waals surface area (Å²) < 4.78 is 71.8. The molecule has 0 bridgehead atoms. The number of aliphatic hydroxyl groups is 1. The van der Waals surface area contributed by atoms with Gasteiger partial charge >= 0.3 is 0 Å². The summed E-state index contributed by atoms with van der Waals surface area (Å²) in [5, 5.41) is 13.9. The van der Waals surface area contributed by atoms with Crippen LogP contribution in [0, 0.1) is 19.8 Å². The second-order valence-electron chi connectivity index (χ2n) is 11.3. The number of likely N-dealkylation sites (N-methyl/N-ethyl adjacent to an activating group) is 1. The van der Waals surface area contributed by atoms with Crippen molar-refractivity contribution in [2.45, 2.75) is 77.0 Å². The summed E-state index contributed by atoms with van der Waals surface area (Å²) in [7, 11) is -6.10. The van der Waals surface area contributed by atoms with Gasteiger partial charge in [-0.3, -0.25) is 9.52 Å². The Labute approximate surface area is 254 Å². The molecule has 15 heteroatoms. The molecule has 3 rings (SSSR count). The largest absolute Gasteiger partial charge is 0.490 e. The highest BCUT2D eigenvalue weighted by molar-refractivity contribution is 7.92. The average molecular weight is 645 g/mol. The molecule has 1 amide bonds. The maximum Gasteiger partial charge on any atom is 0.258 e. The maximum atomic E-state index is 14.1. The summed E-state index contributed by atoms with van der Waals surface area (Å²) in [4.78, 5) is 15.6. The molecule has 1 aromatic heterocycles. The van der Waals surface area contributed by atoms with Crippen molar-refractivity contribution in [1.29, 1.82) is 0 Å². The van der Waals surface area contributed by atoms with Crippen molar-refractivity contribution >= 4 is 31.6 Å². The summed E-state index contributed by atoms with van der Waals surface area (Å²) >= 11 is 0. The number of ether oxygens (including phenoxy) is 2. The number of hydrogen-bond acceptors (Lipinski definition) is 10. The highest BCUT2D eigenvalue weighted by atomic mass is 32.2. The first-order valence-corrected chi connectivity index (χ1v) is 17.6. The van der Waals surface area contributed by atoms with Gasteiger partial charge in [0, 0.05) is 38.3 Å². The molecule has 0 spiro atoms. The minimum Gasteiger partial charge on any atom is -0.490 e. The maximum absolute atomic E-state index is 14.1. The summed E-state index contributed by atoms with van der Waals surface area (Å²) in [6.07, 6.45) is 2.29. The van der Waals surface area contributed by atoms with Gasteiger partial charge in [-0.1, -0.05) is 12.1 Å². The van der Waals surface area contributed by atoms with Crippen molar-refractivity contribution < 1.29 is 40.7 Å². The molecular weight excluding hydrogens is 600 g/mol. The topological polar surface area (TPSA) is 169 Å². The molecule has 242 valence electrons. The van der Waals surface area contributed by atoms with E-state index in [1.165, 1.54) is 28.4 Å². The predicted molar refractivity (Wildman–Crippen MR) is 161 cm³/mol. The second-order valence-corrected chi connectivity index (χ2v) is 15.1. The monoisotopic (exact) mass is 644 g/mol. The molecule has 2 heterocycles. The highest BCUT2D eigenvalue weighted by Crippen LogP contribution is 2.29. The third-order valence-corrected chi connectivity index (χ3v) is 10.1. The molecule has 0 unspecified atom stereocenters. The van der Waals surface area contributed by atoms with E-state index in [1.807, 2.05) is 13.8 Å². The number of aliphatic hydroxyl groups excluding tert-OH is 1. The van der Waals surface area contributed by atoms with E-state index in [0.717, 1.165) is 12.7 Å². The Morgan fingerprint density at radius 2 is 1.88 bits per heavy atom. The molecule has 0 fully saturated rings. The number of rotatable bonds is 8. The van der Waals surface area contributed by atoms with Gasteiger partial charge in [0.05, 0.1) is 36.7 Å². The van der Waals surface area contributed by atoms with E-state index in [1.54, 1.807) is 26.8 Å². The Hall–Kier alpha value is -2.72. The molecule has 0 saturated heterocycles. The van der Waals surface area contributed by atoms with Gasteiger partial charge in [-0.25, -0.2) is 16.8 Å². The molecule has 0 radical (unpaired) electrons. The lowest BCUT2D eigenvalue weighted by molar-refractivity contribution is -0.00835. The third kappa shape index (κ3) is 8.91. The first-order valence-electron chi connectivity index (χ1n) is 14.3. The van der Waals surface area contributed by atoms with Crippen LogP contribution in [0.4, 0.5) is 5.69 Å². The lowest BCUT2D eigenvalue weighted by Gasteiger charge is -2.35. The summed E-state index contributed by atoms with van der Waals surface area (Å²) in [6, 6.07) is 3.90. The molecule has 0 aliphatic carbocycles. The SMILES string of the molecule is Cc1noc(C)c1S(=O)(=O)N(C)C[C@H]1OCCCC[C@H](C)Oc2ccc(NS(C)(=O)=O)cc2C(=O)N([C@H](C)CO)C[C@H]1C. The summed E-state index contributed by atoms with van der Waals surface area (Å²) in [6.45, 7) is 8.71. The van der Waals surface area contributed by atoms with Crippen molar-refractivity contribution in [2.24, 2.45) is 5.92 Å². The van der Waals surface area contributed by atoms with E-state index < -0.39 is 38.1 Å². The van der Waals surface area contributed by atoms with Crippen molar-refractivity contribution in [2.75, 3.05) is 44.3 Å². The highest BCUT2D eigenvalue weighted by Gasteiger charge is 2.34. The molecule has 1 aromatic carbocycles. The number of sulfonamides is 2. The number of aromatic nitrogens is 1. The van der Waals surface area contributed by atoms with Crippen LogP contribution < -0.4 is 9.46 Å². The zero-order valence-electron chi connectivity index (χ0n) is 25.9. The van der Waals surface area contributed by atoms with Crippen molar-refractivity contribution in [3.63, 3.8) is 0 Å². The number of hydrogen-bond donors (Lipinski definition) is 2. The van der Waals surface area contributed by atoms with Crippen LogP contribution in [0.25, 0.3) is 0 Å². The number of anilines is 1. The Morgan fingerprint density at radius 1 is 1.19 bits per heavy atom. The quantitative estimate of drug-likeness (QED) is 0.436. The number of fused-ring (bicyclic) bond motifs is 1. The zero-order valence-corrected chi connectivity index (χ0v) is 27.5. The molecule has 0 saturated carbocycles. The van der Waals surface area contributed by atoms with Gasteiger partial charge in [0.2, 0.25) is 20.0 Å². The molecule has 4 atom stereocenters. The molecule has 43 heavy (non-hydrogen) atoms. The van der Waals surface area contributed by atoms with Crippen molar-refractivity contribution in [1.82, 2.24) is 14.4 Å². The number of aryl methyl sites for hydroxylation is 2. The van der Waals surface area contributed by atoms with Crippen molar-refractivity contribution in [3.05, 3.63) is 35.2 Å². The summed E-state index contributed by atoms with van der Waals surface area (Å²) in [5.41, 5.74) is 0.599. The second kappa shape index (κ2) is 14.4. The van der Waals surface area contributed by atoms with Gasteiger partial charge in [-0.05, 0) is 65.2 Å². The lowest BCUT2D eigenvalue weighted by atomic mass is 10.0. The molecular formula is C28H44N4O9S2. The van der Waals surface area contributed by atoms with E-state index in [9.17, 15) is 26.7 Å². The predicted octanol–water partition coefficient (Wildman–Crippen LogP) is 2.78. The van der Waals surface area contributed by atoms with E-state index in [4.69, 9.17) is 14.0 Å². The van der Waals surface area contributed by atoms with E-state index in [0.29, 0.717) is 25.2 Å². The first-order chi connectivity index (χ1) is 20.0. The van der Waals surface area contributed by atoms with Crippen molar-refractivity contribution in [3.8, 4) is 5.75 Å². The molecule has 1 aliphatic heterocycles. The fraction of sp³-hybridized carbons (Fsp3) is 0.643. The van der Waals surface area contributed by atoms with Gasteiger partial charge in [0.15, 0.2) is 5.76 Å². The van der Waals surface area contributed by atoms with Crippen LogP contribution >= 0.6 is 0 Å². The Morgan fingerprint density at radius 3 is 2.49 bits per heavy atom. The van der Waals surface area contributed by atoms with Crippen LogP contribution in [0.1, 0.15) is 61.8 Å². The molecule has 13 nitrogen and oxygen atoms in total. The molecule has 2 aromatic rings. The van der Waals surface area contributed by atoms with E-state index >= 15 is 0 Å². The number of benzene rings is 1. The summed E-state index contributed by atoms with van der Waals surface area (Å²) in [5.74, 6) is -0.351. The van der Waals surface area contributed by atoms with Gasteiger partial charge in [-0.2, -0.15) is 4.31 Å². The minimum atomic E-state index is -3.95. The van der Waals surface area contributed by atoms with Gasteiger partial charge in [0.1, 0.15) is 16.3 Å². The third-order valence-electron chi connectivity index (χ3n) is 7.43. The smallest absolute Gasteiger partial charge is 0.258 e. The minimum absolute atomic E-state index is 0.00161. The Bertz CT molecular complexity index is 1460. The van der Waals surface area contributed by atoms with Gasteiger partial charge < -0.3 is 24.0 Å². The number of amides is 1. The van der Waals surface area contributed by atoms with Crippen LogP contribution in [0.3, 0.4) is 0 Å². The normalized spacial score (nSPS) is 22.0. The van der Waals surface area contributed by atoms with Crippen LogP contribution in [0.5, 0.6) is 5.75 Å². The first kappa shape index (κ1) is 34.8. The van der Waals surface area contributed by atoms with Crippen LogP contribution in [0.15, 0.2) is 27.6 Å². The lowest BCUT2D eigenvalue weighted by Crippen LogP contribution is -2.48. The fourth-order valence-electron chi connectivity index (χ4n) is 5.01. The molecule has 2 N–H and O–H groups in total. The Balaban J connectivity index is 2.00. The van der Waals surface area contributed by atoms with Crippen LogP contribution in [-0.4, -0.2) is 100 Å². The standard InChI is InChI=1S/C28H44N4O9S2/c1-18-15-32(19(2)17-33)28(34)24-14-23(30-42(7,35)36)11-12-25(24)40-20(3)10-8-9-13-39-26(18)16-31(6)43(37,38)27-21(4)29-41-22(27)5/h11-12,14,18-20,26,30,33H,8-10,13,15-17H2,1-7H3/t18-,19-,20+,26-/m1/s1. The zero-order chi connectivity index (χ0) is 32.1. The molecule has 1 aliphatic rings. The van der Waals surface area contributed by atoms with Gasteiger partial charge in [-0.15, -0.1) is 0 Å². The number of carbonyl (C=O) groups excluding carboxylic acids is 1. The number of carbonyl (C=O) groups is 1. The average Bonchev–Trinajstić information content (AvgIpc) is 3.27.